The fourth-order valence-corrected chi connectivity index (χ4v) is 1.44. The number of hydrogen-bond acceptors (Lipinski definition) is 3. The predicted octanol–water partition coefficient (Wildman–Crippen LogP) is 3.04. The van der Waals surface area contributed by atoms with E-state index in [9.17, 15) is 4.79 Å². The third kappa shape index (κ3) is 2.67. The molecule has 1 heterocycles. The zero-order valence-electron chi connectivity index (χ0n) is 10.3. The first-order valence-electron chi connectivity index (χ1n) is 5.59. The SMILES string of the molecule is CC(C)(C)C(=O)C=Cc1ccc2c(c1)OCO2. The molecule has 0 amide bonds. The predicted molar refractivity (Wildman–Crippen MR) is 66.1 cm³/mol. The van der Waals surface area contributed by atoms with Crippen molar-refractivity contribution in [3.05, 3.63) is 29.8 Å². The third-order valence-corrected chi connectivity index (χ3v) is 2.56. The minimum Gasteiger partial charge on any atom is -0.454 e. The van der Waals surface area contributed by atoms with Crippen LogP contribution in [-0.4, -0.2) is 12.6 Å². The lowest BCUT2D eigenvalue weighted by Gasteiger charge is -2.12. The second kappa shape index (κ2) is 4.24. The van der Waals surface area contributed by atoms with Gasteiger partial charge in [-0.05, 0) is 23.8 Å². The topological polar surface area (TPSA) is 35.5 Å². The van der Waals surface area contributed by atoms with Crippen molar-refractivity contribution >= 4 is 11.9 Å². The van der Waals surface area contributed by atoms with Crippen LogP contribution in [0, 0.1) is 5.41 Å². The van der Waals surface area contributed by atoms with E-state index in [1.165, 1.54) is 0 Å². The fourth-order valence-electron chi connectivity index (χ4n) is 1.44. The van der Waals surface area contributed by atoms with Crippen LogP contribution in [-0.2, 0) is 4.79 Å². The molecule has 0 unspecified atom stereocenters. The molecule has 0 fully saturated rings. The van der Waals surface area contributed by atoms with Gasteiger partial charge in [0, 0.05) is 5.41 Å². The van der Waals surface area contributed by atoms with Gasteiger partial charge in [-0.25, -0.2) is 0 Å². The lowest BCUT2D eigenvalue weighted by Crippen LogP contribution is -2.17. The van der Waals surface area contributed by atoms with E-state index in [0.29, 0.717) is 0 Å². The minimum absolute atomic E-state index is 0.107. The fraction of sp³-hybridized carbons (Fsp3) is 0.357. The molecular weight excluding hydrogens is 216 g/mol. The van der Waals surface area contributed by atoms with Gasteiger partial charge in [-0.2, -0.15) is 0 Å². The van der Waals surface area contributed by atoms with E-state index < -0.39 is 0 Å². The van der Waals surface area contributed by atoms with E-state index in [-0.39, 0.29) is 18.0 Å². The summed E-state index contributed by atoms with van der Waals surface area (Å²) < 4.78 is 10.5. The van der Waals surface area contributed by atoms with Gasteiger partial charge in [0.15, 0.2) is 17.3 Å². The van der Waals surface area contributed by atoms with Crippen molar-refractivity contribution in [3.8, 4) is 11.5 Å². The molecule has 0 saturated heterocycles. The Labute approximate surface area is 101 Å². The number of allylic oxidation sites excluding steroid dienone is 1. The van der Waals surface area contributed by atoms with E-state index in [4.69, 9.17) is 9.47 Å². The number of carbonyl (C=O) groups excluding carboxylic acids is 1. The van der Waals surface area contributed by atoms with Crippen LogP contribution in [0.3, 0.4) is 0 Å². The molecule has 0 N–H and O–H groups in total. The second-order valence-electron chi connectivity index (χ2n) is 5.06. The van der Waals surface area contributed by atoms with Gasteiger partial charge in [-0.3, -0.25) is 4.79 Å². The van der Waals surface area contributed by atoms with E-state index in [1.54, 1.807) is 12.2 Å². The molecule has 0 aliphatic carbocycles. The molecule has 0 atom stereocenters. The van der Waals surface area contributed by atoms with Crippen LogP contribution >= 0.6 is 0 Å². The third-order valence-electron chi connectivity index (χ3n) is 2.56. The number of ether oxygens (including phenoxy) is 2. The molecule has 17 heavy (non-hydrogen) atoms. The Bertz CT molecular complexity index is 467. The van der Waals surface area contributed by atoms with E-state index in [2.05, 4.69) is 0 Å². The van der Waals surface area contributed by atoms with Crippen LogP contribution in [0.4, 0.5) is 0 Å². The van der Waals surface area contributed by atoms with Crippen LogP contribution in [0.15, 0.2) is 24.3 Å². The summed E-state index contributed by atoms with van der Waals surface area (Å²) in [4.78, 5) is 11.7. The molecule has 1 aromatic rings. The van der Waals surface area contributed by atoms with Crippen molar-refractivity contribution in [3.63, 3.8) is 0 Å². The van der Waals surface area contributed by atoms with Crippen molar-refractivity contribution in [1.29, 1.82) is 0 Å². The van der Waals surface area contributed by atoms with Gasteiger partial charge in [-0.15, -0.1) is 0 Å². The van der Waals surface area contributed by atoms with Crippen LogP contribution in [0.25, 0.3) is 6.08 Å². The Morgan fingerprint density at radius 3 is 2.65 bits per heavy atom. The maximum Gasteiger partial charge on any atom is 0.231 e. The molecule has 0 radical (unpaired) electrons. The summed E-state index contributed by atoms with van der Waals surface area (Å²) in [6.07, 6.45) is 3.41. The number of hydrogen-bond donors (Lipinski definition) is 0. The van der Waals surface area contributed by atoms with Crippen LogP contribution < -0.4 is 9.47 Å². The Balaban J connectivity index is 2.14. The molecule has 0 spiro atoms. The highest BCUT2D eigenvalue weighted by molar-refractivity contribution is 5.97. The molecule has 90 valence electrons. The monoisotopic (exact) mass is 232 g/mol. The zero-order chi connectivity index (χ0) is 12.5. The largest absolute Gasteiger partial charge is 0.454 e. The summed E-state index contributed by atoms with van der Waals surface area (Å²) >= 11 is 0. The molecule has 3 heteroatoms. The number of rotatable bonds is 2. The summed E-state index contributed by atoms with van der Waals surface area (Å²) in [6, 6.07) is 5.62. The highest BCUT2D eigenvalue weighted by Gasteiger charge is 2.18. The molecule has 1 aliphatic rings. The van der Waals surface area contributed by atoms with Gasteiger partial charge in [0.2, 0.25) is 6.79 Å². The Morgan fingerprint density at radius 1 is 1.24 bits per heavy atom. The van der Waals surface area contributed by atoms with Gasteiger partial charge >= 0.3 is 0 Å². The zero-order valence-corrected chi connectivity index (χ0v) is 10.3. The number of ketones is 1. The molecule has 0 saturated carbocycles. The Hall–Kier alpha value is -1.77. The van der Waals surface area contributed by atoms with Crippen LogP contribution in [0.2, 0.25) is 0 Å². The van der Waals surface area contributed by atoms with E-state index >= 15 is 0 Å². The van der Waals surface area contributed by atoms with Crippen molar-refractivity contribution in [2.24, 2.45) is 5.41 Å². The number of benzene rings is 1. The number of carbonyl (C=O) groups is 1. The lowest BCUT2D eigenvalue weighted by molar-refractivity contribution is -0.121. The maximum atomic E-state index is 11.7. The standard InChI is InChI=1S/C14H16O3/c1-14(2,3)13(15)7-5-10-4-6-11-12(8-10)17-9-16-11/h4-8H,9H2,1-3H3. The Morgan fingerprint density at radius 2 is 1.94 bits per heavy atom. The average Bonchev–Trinajstić information content (AvgIpc) is 2.71. The van der Waals surface area contributed by atoms with Crippen molar-refractivity contribution < 1.29 is 14.3 Å². The van der Waals surface area contributed by atoms with Crippen molar-refractivity contribution in [2.75, 3.05) is 6.79 Å². The summed E-state index contributed by atoms with van der Waals surface area (Å²) in [7, 11) is 0. The normalized spacial score (nSPS) is 14.3. The van der Waals surface area contributed by atoms with Crippen LogP contribution in [0.1, 0.15) is 26.3 Å². The van der Waals surface area contributed by atoms with Gasteiger partial charge in [0.1, 0.15) is 0 Å². The van der Waals surface area contributed by atoms with Gasteiger partial charge < -0.3 is 9.47 Å². The molecule has 3 nitrogen and oxygen atoms in total. The summed E-state index contributed by atoms with van der Waals surface area (Å²) in [5.74, 6) is 1.59. The highest BCUT2D eigenvalue weighted by atomic mass is 16.7. The number of fused-ring (bicyclic) bond motifs is 1. The van der Waals surface area contributed by atoms with Crippen molar-refractivity contribution in [2.45, 2.75) is 20.8 Å². The first-order chi connectivity index (χ1) is 7.97. The van der Waals surface area contributed by atoms with Gasteiger partial charge in [-0.1, -0.05) is 32.9 Å². The van der Waals surface area contributed by atoms with E-state index in [0.717, 1.165) is 17.1 Å². The molecular formula is C14H16O3. The van der Waals surface area contributed by atoms with E-state index in [1.807, 2.05) is 39.0 Å². The summed E-state index contributed by atoms with van der Waals surface area (Å²) in [6.45, 7) is 5.97. The second-order valence-corrected chi connectivity index (χ2v) is 5.06. The molecule has 1 aromatic carbocycles. The van der Waals surface area contributed by atoms with Gasteiger partial charge in [0.25, 0.3) is 0 Å². The smallest absolute Gasteiger partial charge is 0.231 e. The molecule has 2 rings (SSSR count). The van der Waals surface area contributed by atoms with Crippen LogP contribution in [0.5, 0.6) is 11.5 Å². The van der Waals surface area contributed by atoms with Crippen molar-refractivity contribution in [1.82, 2.24) is 0 Å². The summed E-state index contributed by atoms with van der Waals surface area (Å²) in [5.41, 5.74) is 0.596. The highest BCUT2D eigenvalue weighted by Crippen LogP contribution is 2.32. The summed E-state index contributed by atoms with van der Waals surface area (Å²) in [5, 5.41) is 0. The first-order valence-corrected chi connectivity index (χ1v) is 5.59. The quantitative estimate of drug-likeness (QED) is 0.735. The minimum atomic E-state index is -0.340. The molecule has 0 aromatic heterocycles. The maximum absolute atomic E-state index is 11.7. The lowest BCUT2D eigenvalue weighted by atomic mass is 9.90. The first kappa shape index (κ1) is 11.7. The average molecular weight is 232 g/mol. The molecule has 0 bridgehead atoms. The Kier molecular flexibility index (Phi) is 2.92. The molecule has 1 aliphatic heterocycles. The van der Waals surface area contributed by atoms with Gasteiger partial charge in [0.05, 0.1) is 0 Å².